The second kappa shape index (κ2) is 5.29. The Labute approximate surface area is 114 Å². The Morgan fingerprint density at radius 3 is 2.68 bits per heavy atom. The molecule has 0 N–H and O–H groups in total. The van der Waals surface area contributed by atoms with Gasteiger partial charge < -0.3 is 4.90 Å². The summed E-state index contributed by atoms with van der Waals surface area (Å²) in [6.07, 6.45) is 4.58. The van der Waals surface area contributed by atoms with Gasteiger partial charge in [0.25, 0.3) is 0 Å². The van der Waals surface area contributed by atoms with E-state index in [1.165, 1.54) is 19.4 Å². The highest BCUT2D eigenvalue weighted by atomic mass is 16.1. The molecule has 0 unspecified atom stereocenters. The van der Waals surface area contributed by atoms with Gasteiger partial charge in [0.05, 0.1) is 0 Å². The molecule has 1 saturated heterocycles. The van der Waals surface area contributed by atoms with Crippen LogP contribution >= 0.6 is 0 Å². The summed E-state index contributed by atoms with van der Waals surface area (Å²) in [5.41, 5.74) is 0.755. The molecule has 4 heteroatoms. The van der Waals surface area contributed by atoms with E-state index >= 15 is 0 Å². The molecule has 0 amide bonds. The molecule has 0 aromatic carbocycles. The summed E-state index contributed by atoms with van der Waals surface area (Å²) in [5, 5.41) is 0. The Bertz CT molecular complexity index is 462. The van der Waals surface area contributed by atoms with Crippen LogP contribution in [0, 0.1) is 5.92 Å². The molecule has 1 aromatic heterocycles. The number of carbonyl (C=O) groups is 1. The number of carbonyl (C=O) groups excluding carboxylic acids is 1. The molecule has 1 aromatic rings. The Morgan fingerprint density at radius 1 is 1.32 bits per heavy atom. The molecule has 2 aliphatic rings. The normalized spacial score (nSPS) is 20.6. The van der Waals surface area contributed by atoms with Crippen molar-refractivity contribution in [2.75, 3.05) is 37.6 Å². The summed E-state index contributed by atoms with van der Waals surface area (Å²) in [4.78, 5) is 20.7. The van der Waals surface area contributed by atoms with Crippen LogP contribution in [0.1, 0.15) is 30.1 Å². The molecule has 0 bridgehead atoms. The van der Waals surface area contributed by atoms with Gasteiger partial charge in [0, 0.05) is 44.5 Å². The molecule has 0 spiro atoms. The summed E-state index contributed by atoms with van der Waals surface area (Å²) in [5.74, 6) is 2.01. The Morgan fingerprint density at radius 2 is 2.05 bits per heavy atom. The van der Waals surface area contributed by atoms with Crippen LogP contribution in [0.3, 0.4) is 0 Å². The lowest BCUT2D eigenvalue weighted by Gasteiger charge is -2.35. The minimum Gasteiger partial charge on any atom is -0.354 e. The molecule has 2 heterocycles. The fourth-order valence-corrected chi connectivity index (χ4v) is 2.64. The van der Waals surface area contributed by atoms with Crippen molar-refractivity contribution < 1.29 is 4.79 Å². The molecule has 0 atom stereocenters. The Kier molecular flexibility index (Phi) is 3.51. The van der Waals surface area contributed by atoms with Gasteiger partial charge in [-0.1, -0.05) is 0 Å². The zero-order chi connectivity index (χ0) is 13.2. The van der Waals surface area contributed by atoms with Crippen molar-refractivity contribution in [3.63, 3.8) is 0 Å². The topological polar surface area (TPSA) is 36.4 Å². The van der Waals surface area contributed by atoms with Crippen molar-refractivity contribution >= 4 is 11.6 Å². The van der Waals surface area contributed by atoms with Gasteiger partial charge in [0.1, 0.15) is 5.82 Å². The second-order valence-electron chi connectivity index (χ2n) is 5.69. The first-order valence-electron chi connectivity index (χ1n) is 7.16. The third-order valence-corrected chi connectivity index (χ3v) is 4.06. The monoisotopic (exact) mass is 259 g/mol. The number of pyridine rings is 1. The van der Waals surface area contributed by atoms with Crippen LogP contribution in [-0.4, -0.2) is 48.4 Å². The van der Waals surface area contributed by atoms with Gasteiger partial charge in [0.15, 0.2) is 5.78 Å². The third-order valence-electron chi connectivity index (χ3n) is 4.06. The smallest absolute Gasteiger partial charge is 0.159 e. The summed E-state index contributed by atoms with van der Waals surface area (Å²) in [6, 6.07) is 3.70. The number of hydrogen-bond acceptors (Lipinski definition) is 4. The van der Waals surface area contributed by atoms with E-state index in [-0.39, 0.29) is 5.78 Å². The SMILES string of the molecule is CC(=O)c1ccnc(N2CCN(CC3CC3)CC2)c1. The number of nitrogens with zero attached hydrogens (tertiary/aromatic N) is 3. The number of rotatable bonds is 4. The van der Waals surface area contributed by atoms with Crippen LogP contribution in [0.25, 0.3) is 0 Å². The first-order chi connectivity index (χ1) is 9.22. The van der Waals surface area contributed by atoms with Crippen molar-refractivity contribution in [3.8, 4) is 0 Å². The van der Waals surface area contributed by atoms with E-state index in [9.17, 15) is 4.79 Å². The molecule has 19 heavy (non-hydrogen) atoms. The maximum atomic E-state index is 11.4. The highest BCUT2D eigenvalue weighted by Crippen LogP contribution is 2.30. The van der Waals surface area contributed by atoms with Gasteiger partial charge in [-0.25, -0.2) is 4.98 Å². The average molecular weight is 259 g/mol. The van der Waals surface area contributed by atoms with E-state index in [1.54, 1.807) is 19.2 Å². The maximum absolute atomic E-state index is 11.4. The average Bonchev–Trinajstić information content (AvgIpc) is 3.24. The largest absolute Gasteiger partial charge is 0.354 e. The summed E-state index contributed by atoms with van der Waals surface area (Å²) >= 11 is 0. The highest BCUT2D eigenvalue weighted by Gasteiger charge is 2.26. The van der Waals surface area contributed by atoms with Crippen LogP contribution < -0.4 is 4.90 Å². The minimum atomic E-state index is 0.107. The molecular weight excluding hydrogens is 238 g/mol. The van der Waals surface area contributed by atoms with Gasteiger partial charge in [-0.2, -0.15) is 0 Å². The second-order valence-corrected chi connectivity index (χ2v) is 5.69. The number of Topliss-reactive ketones (excluding diaryl/α,β-unsaturated/α-hetero) is 1. The quantitative estimate of drug-likeness (QED) is 0.773. The standard InChI is InChI=1S/C15H21N3O/c1-12(19)14-4-5-16-15(10-14)18-8-6-17(7-9-18)11-13-2-3-13/h4-5,10,13H,2-3,6-9,11H2,1H3. The van der Waals surface area contributed by atoms with Crippen LogP contribution in [0.4, 0.5) is 5.82 Å². The van der Waals surface area contributed by atoms with Crippen LogP contribution in [0.2, 0.25) is 0 Å². The van der Waals surface area contributed by atoms with E-state index in [1.807, 2.05) is 6.07 Å². The molecule has 1 saturated carbocycles. The molecule has 0 radical (unpaired) electrons. The first kappa shape index (κ1) is 12.6. The third kappa shape index (κ3) is 3.13. The molecule has 2 fully saturated rings. The van der Waals surface area contributed by atoms with E-state index in [0.29, 0.717) is 0 Å². The molecule has 4 nitrogen and oxygen atoms in total. The lowest BCUT2D eigenvalue weighted by Crippen LogP contribution is -2.47. The first-order valence-corrected chi connectivity index (χ1v) is 7.16. The van der Waals surface area contributed by atoms with Crippen molar-refractivity contribution in [2.45, 2.75) is 19.8 Å². The van der Waals surface area contributed by atoms with Gasteiger partial charge in [-0.3, -0.25) is 9.69 Å². The number of ketones is 1. The zero-order valence-electron chi connectivity index (χ0n) is 11.5. The Hall–Kier alpha value is -1.42. The predicted octanol–water partition coefficient (Wildman–Crippen LogP) is 1.82. The minimum absolute atomic E-state index is 0.107. The number of hydrogen-bond donors (Lipinski definition) is 0. The number of aromatic nitrogens is 1. The van der Waals surface area contributed by atoms with Gasteiger partial charge in [-0.05, 0) is 37.8 Å². The predicted molar refractivity (Wildman–Crippen MR) is 75.6 cm³/mol. The van der Waals surface area contributed by atoms with Crippen LogP contribution in [0.5, 0.6) is 0 Å². The highest BCUT2D eigenvalue weighted by molar-refractivity contribution is 5.94. The lowest BCUT2D eigenvalue weighted by atomic mass is 10.2. The van der Waals surface area contributed by atoms with E-state index in [4.69, 9.17) is 0 Å². The fraction of sp³-hybridized carbons (Fsp3) is 0.600. The molecule has 102 valence electrons. The zero-order valence-corrected chi connectivity index (χ0v) is 11.5. The number of anilines is 1. The van der Waals surface area contributed by atoms with Gasteiger partial charge >= 0.3 is 0 Å². The fourth-order valence-electron chi connectivity index (χ4n) is 2.64. The van der Waals surface area contributed by atoms with Crippen molar-refractivity contribution in [2.24, 2.45) is 5.92 Å². The van der Waals surface area contributed by atoms with E-state index in [2.05, 4.69) is 14.8 Å². The van der Waals surface area contributed by atoms with Crippen molar-refractivity contribution in [1.29, 1.82) is 0 Å². The summed E-state index contributed by atoms with van der Waals surface area (Å²) in [6.45, 7) is 7.13. The van der Waals surface area contributed by atoms with E-state index in [0.717, 1.165) is 43.5 Å². The molecule has 1 aliphatic heterocycles. The van der Waals surface area contributed by atoms with Crippen molar-refractivity contribution in [3.05, 3.63) is 23.9 Å². The lowest BCUT2D eigenvalue weighted by molar-refractivity contribution is 0.101. The molecular formula is C15H21N3O. The molecule has 1 aliphatic carbocycles. The van der Waals surface area contributed by atoms with Crippen LogP contribution in [-0.2, 0) is 0 Å². The molecule has 3 rings (SSSR count). The Balaban J connectivity index is 1.60. The summed E-state index contributed by atoms with van der Waals surface area (Å²) in [7, 11) is 0. The summed E-state index contributed by atoms with van der Waals surface area (Å²) < 4.78 is 0. The van der Waals surface area contributed by atoms with Crippen molar-refractivity contribution in [1.82, 2.24) is 9.88 Å². The van der Waals surface area contributed by atoms with E-state index < -0.39 is 0 Å². The van der Waals surface area contributed by atoms with Crippen LogP contribution in [0.15, 0.2) is 18.3 Å². The maximum Gasteiger partial charge on any atom is 0.159 e. The van der Waals surface area contributed by atoms with Gasteiger partial charge in [0.2, 0.25) is 0 Å². The van der Waals surface area contributed by atoms with Gasteiger partial charge in [-0.15, -0.1) is 0 Å². The number of piperazine rings is 1.